The first-order valence-electron chi connectivity index (χ1n) is 9.85. The number of esters is 1. The van der Waals surface area contributed by atoms with Gasteiger partial charge in [-0.3, -0.25) is 4.79 Å². The molecular weight excluding hydrogens is 376 g/mol. The van der Waals surface area contributed by atoms with E-state index in [1.807, 2.05) is 30.3 Å². The standard InChI is InChI=1S/C21H30N2O6/c1-21(2,3)29-19(25)22-12-9-18(24)28-17-10-13-23(14-11-17)20(26)27-15-16-7-5-4-6-8-16/h4-8,17H,9-15H2,1-3H3,(H,22,25). The zero-order valence-corrected chi connectivity index (χ0v) is 17.3. The summed E-state index contributed by atoms with van der Waals surface area (Å²) >= 11 is 0. The number of ether oxygens (including phenoxy) is 3. The van der Waals surface area contributed by atoms with E-state index in [4.69, 9.17) is 14.2 Å². The molecule has 0 unspecified atom stereocenters. The average Bonchev–Trinajstić information content (AvgIpc) is 2.66. The van der Waals surface area contributed by atoms with Crippen molar-refractivity contribution in [3.8, 4) is 0 Å². The monoisotopic (exact) mass is 406 g/mol. The third-order valence-corrected chi connectivity index (χ3v) is 4.20. The normalized spacial score (nSPS) is 14.8. The van der Waals surface area contributed by atoms with Crippen molar-refractivity contribution in [2.75, 3.05) is 19.6 Å². The molecule has 0 saturated carbocycles. The van der Waals surface area contributed by atoms with Crippen LogP contribution in [0.3, 0.4) is 0 Å². The van der Waals surface area contributed by atoms with E-state index >= 15 is 0 Å². The summed E-state index contributed by atoms with van der Waals surface area (Å²) in [6.07, 6.45) is 0.0330. The van der Waals surface area contributed by atoms with Gasteiger partial charge in [-0.2, -0.15) is 0 Å². The number of benzene rings is 1. The highest BCUT2D eigenvalue weighted by molar-refractivity contribution is 5.72. The predicted octanol–water partition coefficient (Wildman–Crippen LogP) is 3.25. The molecule has 1 aromatic carbocycles. The van der Waals surface area contributed by atoms with Crippen LogP contribution in [0.15, 0.2) is 30.3 Å². The van der Waals surface area contributed by atoms with E-state index in [-0.39, 0.29) is 37.7 Å². The fraction of sp³-hybridized carbons (Fsp3) is 0.571. The van der Waals surface area contributed by atoms with Crippen LogP contribution in [0.25, 0.3) is 0 Å². The van der Waals surface area contributed by atoms with Crippen molar-refractivity contribution >= 4 is 18.2 Å². The average molecular weight is 406 g/mol. The largest absolute Gasteiger partial charge is 0.462 e. The van der Waals surface area contributed by atoms with Crippen LogP contribution in [-0.2, 0) is 25.6 Å². The van der Waals surface area contributed by atoms with Gasteiger partial charge in [-0.05, 0) is 26.3 Å². The Hall–Kier alpha value is -2.77. The number of carbonyl (C=O) groups is 3. The summed E-state index contributed by atoms with van der Waals surface area (Å²) in [7, 11) is 0. The van der Waals surface area contributed by atoms with Crippen molar-refractivity contribution in [1.82, 2.24) is 10.2 Å². The first kappa shape index (κ1) is 22.5. The molecule has 2 amide bonds. The van der Waals surface area contributed by atoms with Crippen molar-refractivity contribution in [2.45, 2.75) is 58.3 Å². The van der Waals surface area contributed by atoms with E-state index in [1.165, 1.54) is 0 Å². The topological polar surface area (TPSA) is 94.2 Å². The van der Waals surface area contributed by atoms with Crippen LogP contribution in [-0.4, -0.2) is 54.4 Å². The molecule has 1 fully saturated rings. The van der Waals surface area contributed by atoms with Crippen LogP contribution < -0.4 is 5.32 Å². The highest BCUT2D eigenvalue weighted by Gasteiger charge is 2.26. The Morgan fingerprint density at radius 2 is 1.76 bits per heavy atom. The van der Waals surface area contributed by atoms with Gasteiger partial charge >= 0.3 is 18.2 Å². The molecule has 0 atom stereocenters. The number of alkyl carbamates (subject to hydrolysis) is 1. The summed E-state index contributed by atoms with van der Waals surface area (Å²) in [5.41, 5.74) is 0.352. The van der Waals surface area contributed by atoms with E-state index in [2.05, 4.69) is 5.32 Å². The van der Waals surface area contributed by atoms with Gasteiger partial charge in [-0.15, -0.1) is 0 Å². The first-order valence-corrected chi connectivity index (χ1v) is 9.85. The molecule has 0 aromatic heterocycles. The number of rotatable bonds is 6. The van der Waals surface area contributed by atoms with Gasteiger partial charge < -0.3 is 24.4 Å². The molecule has 0 aliphatic carbocycles. The molecule has 1 aliphatic rings. The summed E-state index contributed by atoms with van der Waals surface area (Å²) in [5, 5.41) is 2.53. The lowest BCUT2D eigenvalue weighted by Crippen LogP contribution is -2.41. The molecule has 8 heteroatoms. The van der Waals surface area contributed by atoms with Crippen molar-refractivity contribution in [2.24, 2.45) is 0 Å². The quantitative estimate of drug-likeness (QED) is 0.576. The lowest BCUT2D eigenvalue weighted by atomic mass is 10.1. The second-order valence-corrected chi connectivity index (χ2v) is 7.90. The molecular formula is C21H30N2O6. The van der Waals surface area contributed by atoms with Gasteiger partial charge in [0.25, 0.3) is 0 Å². The molecule has 1 heterocycles. The Kier molecular flexibility index (Phi) is 8.30. The number of nitrogens with one attached hydrogen (secondary N) is 1. The molecule has 160 valence electrons. The fourth-order valence-corrected chi connectivity index (χ4v) is 2.79. The number of piperidine rings is 1. The van der Waals surface area contributed by atoms with Crippen LogP contribution in [0.2, 0.25) is 0 Å². The lowest BCUT2D eigenvalue weighted by Gasteiger charge is -2.31. The number of hydrogen-bond donors (Lipinski definition) is 1. The first-order chi connectivity index (χ1) is 13.7. The van der Waals surface area contributed by atoms with Crippen molar-refractivity contribution in [3.05, 3.63) is 35.9 Å². The van der Waals surface area contributed by atoms with E-state index in [0.29, 0.717) is 25.9 Å². The highest BCUT2D eigenvalue weighted by Crippen LogP contribution is 2.16. The molecule has 2 rings (SSSR count). The summed E-state index contributed by atoms with van der Waals surface area (Å²) < 4.78 is 15.8. The Labute approximate surface area is 171 Å². The minimum atomic E-state index is -0.583. The maximum atomic E-state index is 12.1. The Balaban J connectivity index is 1.60. The van der Waals surface area contributed by atoms with Gasteiger partial charge in [0.1, 0.15) is 18.3 Å². The molecule has 1 aliphatic heterocycles. The summed E-state index contributed by atoms with van der Waals surface area (Å²) in [6.45, 7) is 6.64. The van der Waals surface area contributed by atoms with Crippen LogP contribution in [0.4, 0.5) is 9.59 Å². The summed E-state index contributed by atoms with van der Waals surface area (Å²) in [4.78, 5) is 37.2. The number of likely N-dealkylation sites (tertiary alicyclic amines) is 1. The molecule has 0 bridgehead atoms. The van der Waals surface area contributed by atoms with E-state index < -0.39 is 11.7 Å². The SMILES string of the molecule is CC(C)(C)OC(=O)NCCC(=O)OC1CCN(C(=O)OCc2ccccc2)CC1. The maximum absolute atomic E-state index is 12.1. The van der Waals surface area contributed by atoms with Gasteiger partial charge in [0.15, 0.2) is 0 Å². The van der Waals surface area contributed by atoms with Crippen molar-refractivity contribution in [1.29, 1.82) is 0 Å². The summed E-state index contributed by atoms with van der Waals surface area (Å²) in [5.74, 6) is -0.383. The fourth-order valence-electron chi connectivity index (χ4n) is 2.79. The maximum Gasteiger partial charge on any atom is 0.410 e. The second-order valence-electron chi connectivity index (χ2n) is 7.90. The number of nitrogens with zero attached hydrogens (tertiary/aromatic N) is 1. The van der Waals surface area contributed by atoms with Crippen LogP contribution in [0.5, 0.6) is 0 Å². The lowest BCUT2D eigenvalue weighted by molar-refractivity contribution is -0.150. The van der Waals surface area contributed by atoms with Gasteiger partial charge in [0.05, 0.1) is 6.42 Å². The van der Waals surface area contributed by atoms with Crippen molar-refractivity contribution < 1.29 is 28.6 Å². The number of carbonyl (C=O) groups excluding carboxylic acids is 3. The minimum Gasteiger partial charge on any atom is -0.462 e. The van der Waals surface area contributed by atoms with Gasteiger partial charge in [-0.25, -0.2) is 9.59 Å². The van der Waals surface area contributed by atoms with Gasteiger partial charge in [0, 0.05) is 32.5 Å². The summed E-state index contributed by atoms with van der Waals surface area (Å²) in [6, 6.07) is 9.50. The second kappa shape index (κ2) is 10.7. The minimum absolute atomic E-state index is 0.0680. The molecule has 0 radical (unpaired) electrons. The molecule has 1 aromatic rings. The molecule has 29 heavy (non-hydrogen) atoms. The number of hydrogen-bond acceptors (Lipinski definition) is 6. The van der Waals surface area contributed by atoms with E-state index in [9.17, 15) is 14.4 Å². The zero-order valence-electron chi connectivity index (χ0n) is 17.3. The molecule has 8 nitrogen and oxygen atoms in total. The van der Waals surface area contributed by atoms with Crippen LogP contribution >= 0.6 is 0 Å². The van der Waals surface area contributed by atoms with Crippen molar-refractivity contribution in [3.63, 3.8) is 0 Å². The number of amides is 2. The van der Waals surface area contributed by atoms with Gasteiger partial charge in [-0.1, -0.05) is 30.3 Å². The van der Waals surface area contributed by atoms with Crippen LogP contribution in [0.1, 0.15) is 45.6 Å². The molecule has 0 spiro atoms. The smallest absolute Gasteiger partial charge is 0.410 e. The highest BCUT2D eigenvalue weighted by atomic mass is 16.6. The van der Waals surface area contributed by atoms with E-state index in [1.54, 1.807) is 25.7 Å². The molecule has 1 N–H and O–H groups in total. The Morgan fingerprint density at radius 1 is 1.10 bits per heavy atom. The van der Waals surface area contributed by atoms with Crippen LogP contribution in [0, 0.1) is 0 Å². The zero-order chi connectivity index (χ0) is 21.3. The van der Waals surface area contributed by atoms with Gasteiger partial charge in [0.2, 0.25) is 0 Å². The predicted molar refractivity (Wildman–Crippen MR) is 106 cm³/mol. The third kappa shape index (κ3) is 8.85. The Morgan fingerprint density at radius 3 is 2.38 bits per heavy atom. The third-order valence-electron chi connectivity index (χ3n) is 4.20. The van der Waals surface area contributed by atoms with E-state index in [0.717, 1.165) is 5.56 Å². The molecule has 1 saturated heterocycles. The Bertz CT molecular complexity index is 678.